The molecule has 0 aliphatic carbocycles. The lowest BCUT2D eigenvalue weighted by Crippen LogP contribution is -2.11. The van der Waals surface area contributed by atoms with Crippen LogP contribution in [0.3, 0.4) is 0 Å². The van der Waals surface area contributed by atoms with Gasteiger partial charge in [-0.25, -0.2) is 8.78 Å². The molecule has 0 radical (unpaired) electrons. The number of hydrogen-bond acceptors (Lipinski definition) is 3. The van der Waals surface area contributed by atoms with Crippen molar-refractivity contribution in [3.8, 4) is 11.8 Å². The minimum atomic E-state index is -1.07. The minimum Gasteiger partial charge on any atom is -0.491 e. The molecule has 0 unspecified atom stereocenters. The highest BCUT2D eigenvalue weighted by molar-refractivity contribution is 5.85. The summed E-state index contributed by atoms with van der Waals surface area (Å²) in [6.45, 7) is 0.392. The van der Waals surface area contributed by atoms with Crippen molar-refractivity contribution in [3.63, 3.8) is 0 Å². The van der Waals surface area contributed by atoms with E-state index in [2.05, 4.69) is 0 Å². The van der Waals surface area contributed by atoms with Crippen LogP contribution in [0.1, 0.15) is 5.56 Å². The quantitative estimate of drug-likeness (QED) is 0.864. The van der Waals surface area contributed by atoms with E-state index in [-0.39, 0.29) is 36.9 Å². The Balaban J connectivity index is 0.00000196. The van der Waals surface area contributed by atoms with E-state index >= 15 is 0 Å². The predicted molar refractivity (Wildman–Crippen MR) is 52.9 cm³/mol. The average molecular weight is 235 g/mol. The van der Waals surface area contributed by atoms with E-state index in [0.717, 1.165) is 12.1 Å². The molecule has 6 heteroatoms. The third-order valence-corrected chi connectivity index (χ3v) is 1.52. The third kappa shape index (κ3) is 3.35. The summed E-state index contributed by atoms with van der Waals surface area (Å²) in [5, 5.41) is 8.58. The molecule has 0 heterocycles. The maximum Gasteiger partial charge on any atom is 0.162 e. The van der Waals surface area contributed by atoms with Crippen molar-refractivity contribution >= 4 is 12.4 Å². The Morgan fingerprint density at radius 1 is 1.33 bits per heavy atom. The molecule has 1 rings (SSSR count). The smallest absolute Gasteiger partial charge is 0.162 e. The van der Waals surface area contributed by atoms with Gasteiger partial charge in [0.25, 0.3) is 0 Å². The summed E-state index contributed by atoms with van der Waals surface area (Å²) in [5.41, 5.74) is 5.12. The van der Waals surface area contributed by atoms with Gasteiger partial charge >= 0.3 is 0 Å². The van der Waals surface area contributed by atoms with Gasteiger partial charge in [-0.3, -0.25) is 0 Å². The molecular weight excluding hydrogens is 226 g/mol. The summed E-state index contributed by atoms with van der Waals surface area (Å²) in [5.74, 6) is -2.10. The molecule has 0 bridgehead atoms. The number of ether oxygens (including phenoxy) is 1. The van der Waals surface area contributed by atoms with Gasteiger partial charge in [-0.15, -0.1) is 12.4 Å². The highest BCUT2D eigenvalue weighted by Crippen LogP contribution is 2.21. The summed E-state index contributed by atoms with van der Waals surface area (Å²) < 4.78 is 30.3. The van der Waals surface area contributed by atoms with Crippen LogP contribution in [0.25, 0.3) is 0 Å². The molecule has 0 saturated heterocycles. The second-order valence-electron chi connectivity index (χ2n) is 2.51. The first-order valence-corrected chi connectivity index (χ1v) is 3.91. The van der Waals surface area contributed by atoms with Crippen LogP contribution in [-0.2, 0) is 0 Å². The Labute approximate surface area is 91.9 Å². The van der Waals surface area contributed by atoms with Crippen molar-refractivity contribution in [2.45, 2.75) is 0 Å². The van der Waals surface area contributed by atoms with Crippen LogP contribution >= 0.6 is 12.4 Å². The molecule has 0 aliphatic rings. The van der Waals surface area contributed by atoms with E-state index in [4.69, 9.17) is 15.7 Å². The number of nitriles is 1. The lowest BCUT2D eigenvalue weighted by molar-refractivity contribution is 0.324. The van der Waals surface area contributed by atoms with Crippen LogP contribution in [0.15, 0.2) is 12.1 Å². The lowest BCUT2D eigenvalue weighted by Gasteiger charge is -2.06. The topological polar surface area (TPSA) is 59.0 Å². The highest BCUT2D eigenvalue weighted by atomic mass is 35.5. The number of nitrogens with two attached hydrogens (primary N) is 1. The summed E-state index contributed by atoms with van der Waals surface area (Å²) in [4.78, 5) is 0. The molecule has 2 N–H and O–H groups in total. The van der Waals surface area contributed by atoms with Crippen molar-refractivity contribution in [2.75, 3.05) is 13.2 Å². The van der Waals surface area contributed by atoms with Gasteiger partial charge in [0.15, 0.2) is 11.6 Å². The first-order chi connectivity index (χ1) is 6.69. The zero-order valence-corrected chi connectivity index (χ0v) is 8.48. The Bertz CT molecular complexity index is 379. The van der Waals surface area contributed by atoms with E-state index in [9.17, 15) is 8.78 Å². The second kappa shape index (κ2) is 6.17. The monoisotopic (exact) mass is 234 g/mol. The minimum absolute atomic E-state index is 0. The highest BCUT2D eigenvalue weighted by Gasteiger charge is 2.10. The second-order valence-corrected chi connectivity index (χ2v) is 2.51. The Kier molecular flexibility index (Phi) is 5.60. The zero-order chi connectivity index (χ0) is 10.6. The van der Waals surface area contributed by atoms with Crippen LogP contribution in [0.2, 0.25) is 0 Å². The fourth-order valence-electron chi connectivity index (χ4n) is 0.904. The molecule has 1 aromatic carbocycles. The molecular formula is C9H9ClF2N2O. The van der Waals surface area contributed by atoms with Crippen LogP contribution in [-0.4, -0.2) is 13.2 Å². The standard InChI is InChI=1S/C9H8F2N2O.ClH/c10-7-3-6(5-13)9(4-8(7)11)14-2-1-12;/h3-4H,1-2,12H2;1H. The summed E-state index contributed by atoms with van der Waals surface area (Å²) in [6.07, 6.45) is 0. The van der Waals surface area contributed by atoms with Crippen molar-refractivity contribution in [3.05, 3.63) is 29.3 Å². The number of benzene rings is 1. The van der Waals surface area contributed by atoms with Gasteiger partial charge in [0.05, 0.1) is 5.56 Å². The van der Waals surface area contributed by atoms with E-state index in [1.807, 2.05) is 0 Å². The van der Waals surface area contributed by atoms with Gasteiger partial charge in [0.1, 0.15) is 18.4 Å². The van der Waals surface area contributed by atoms with Gasteiger partial charge in [0, 0.05) is 12.6 Å². The SMILES string of the molecule is Cl.N#Cc1cc(F)c(F)cc1OCCN. The van der Waals surface area contributed by atoms with Crippen LogP contribution in [0, 0.1) is 23.0 Å². The van der Waals surface area contributed by atoms with Crippen molar-refractivity contribution in [1.82, 2.24) is 0 Å². The molecule has 0 spiro atoms. The molecule has 0 amide bonds. The molecule has 0 saturated carbocycles. The first kappa shape index (κ1) is 13.6. The van der Waals surface area contributed by atoms with Gasteiger partial charge in [-0.2, -0.15) is 5.26 Å². The van der Waals surface area contributed by atoms with E-state index in [0.29, 0.717) is 0 Å². The van der Waals surface area contributed by atoms with E-state index in [1.165, 1.54) is 0 Å². The number of rotatable bonds is 3. The van der Waals surface area contributed by atoms with Crippen LogP contribution < -0.4 is 10.5 Å². The van der Waals surface area contributed by atoms with Crippen molar-refractivity contribution in [2.24, 2.45) is 5.73 Å². The largest absolute Gasteiger partial charge is 0.491 e. The zero-order valence-electron chi connectivity index (χ0n) is 7.67. The Hall–Kier alpha value is -1.38. The predicted octanol–water partition coefficient (Wildman–Crippen LogP) is 1.60. The van der Waals surface area contributed by atoms with Crippen LogP contribution in [0.4, 0.5) is 8.78 Å². The normalized spacial score (nSPS) is 8.93. The van der Waals surface area contributed by atoms with Crippen molar-refractivity contribution < 1.29 is 13.5 Å². The fourth-order valence-corrected chi connectivity index (χ4v) is 0.904. The maximum atomic E-state index is 12.7. The number of hydrogen-bond donors (Lipinski definition) is 1. The fraction of sp³-hybridized carbons (Fsp3) is 0.222. The van der Waals surface area contributed by atoms with E-state index < -0.39 is 11.6 Å². The van der Waals surface area contributed by atoms with Gasteiger partial charge in [-0.05, 0) is 6.07 Å². The molecule has 82 valence electrons. The molecule has 0 aliphatic heterocycles. The third-order valence-electron chi connectivity index (χ3n) is 1.52. The Morgan fingerprint density at radius 2 is 1.93 bits per heavy atom. The van der Waals surface area contributed by atoms with E-state index in [1.54, 1.807) is 6.07 Å². The molecule has 0 aromatic heterocycles. The molecule has 1 aromatic rings. The Morgan fingerprint density at radius 3 is 2.47 bits per heavy atom. The van der Waals surface area contributed by atoms with Crippen molar-refractivity contribution in [1.29, 1.82) is 5.26 Å². The summed E-state index contributed by atoms with van der Waals surface area (Å²) in [6, 6.07) is 3.33. The van der Waals surface area contributed by atoms with Gasteiger partial charge in [-0.1, -0.05) is 0 Å². The summed E-state index contributed by atoms with van der Waals surface area (Å²) in [7, 11) is 0. The number of halogens is 3. The molecule has 15 heavy (non-hydrogen) atoms. The lowest BCUT2D eigenvalue weighted by atomic mass is 10.2. The maximum absolute atomic E-state index is 12.7. The average Bonchev–Trinajstić information content (AvgIpc) is 2.19. The van der Waals surface area contributed by atoms with Crippen LogP contribution in [0.5, 0.6) is 5.75 Å². The number of nitrogens with zero attached hydrogens (tertiary/aromatic N) is 1. The van der Waals surface area contributed by atoms with Gasteiger partial charge in [0.2, 0.25) is 0 Å². The van der Waals surface area contributed by atoms with Gasteiger partial charge < -0.3 is 10.5 Å². The summed E-state index contributed by atoms with van der Waals surface area (Å²) >= 11 is 0. The molecule has 0 fully saturated rings. The first-order valence-electron chi connectivity index (χ1n) is 3.91. The molecule has 3 nitrogen and oxygen atoms in total. The molecule has 0 atom stereocenters.